The molecule has 0 spiro atoms. The van der Waals surface area contributed by atoms with Gasteiger partial charge in [-0.2, -0.15) is 0 Å². The molecule has 0 aromatic carbocycles. The number of urea groups is 1. The Morgan fingerprint density at radius 2 is 1.71 bits per heavy atom. The first-order valence-corrected chi connectivity index (χ1v) is 6.49. The molecular weight excluding hydrogens is 282 g/mol. The van der Waals surface area contributed by atoms with E-state index in [2.05, 4.69) is 10.6 Å². The van der Waals surface area contributed by atoms with Crippen molar-refractivity contribution in [2.45, 2.75) is 45.2 Å². The Kier molecular flexibility index (Phi) is 7.80. The van der Waals surface area contributed by atoms with Crippen LogP contribution in [0.1, 0.15) is 33.1 Å². The first kappa shape index (κ1) is 18.7. The molecule has 0 saturated carbocycles. The van der Waals surface area contributed by atoms with E-state index in [1.165, 1.54) is 0 Å². The molecule has 0 bridgehead atoms. The Morgan fingerprint density at radius 1 is 1.14 bits per heavy atom. The Balaban J connectivity index is 4.85. The minimum Gasteiger partial charge on any atom is -0.481 e. The third-order valence-electron chi connectivity index (χ3n) is 3.05. The average Bonchev–Trinajstić information content (AvgIpc) is 2.38. The molecule has 9 nitrogen and oxygen atoms in total. The smallest absolute Gasteiger partial charge is 0.326 e. The fourth-order valence-corrected chi connectivity index (χ4v) is 1.64. The van der Waals surface area contributed by atoms with Gasteiger partial charge in [-0.1, -0.05) is 20.3 Å². The third-order valence-corrected chi connectivity index (χ3v) is 3.05. The van der Waals surface area contributed by atoms with Crippen LogP contribution in [0.25, 0.3) is 0 Å². The summed E-state index contributed by atoms with van der Waals surface area (Å²) in [5, 5.41) is 22.0. The highest BCUT2D eigenvalue weighted by molar-refractivity contribution is 5.90. The van der Waals surface area contributed by atoms with Gasteiger partial charge in [0.05, 0.1) is 0 Å². The predicted molar refractivity (Wildman–Crippen MR) is 72.4 cm³/mol. The van der Waals surface area contributed by atoms with E-state index in [-0.39, 0.29) is 12.3 Å². The maximum atomic E-state index is 12.0. The van der Waals surface area contributed by atoms with Gasteiger partial charge in [0, 0.05) is 6.42 Å². The summed E-state index contributed by atoms with van der Waals surface area (Å²) in [7, 11) is 0. The number of carboxylic acid groups (broad SMARTS) is 2. The Bertz CT molecular complexity index is 412. The second-order valence-corrected chi connectivity index (χ2v) is 4.70. The topological polar surface area (TPSA) is 159 Å². The molecule has 0 aromatic heterocycles. The van der Waals surface area contributed by atoms with Crippen molar-refractivity contribution in [3.05, 3.63) is 0 Å². The molecule has 0 saturated heterocycles. The van der Waals surface area contributed by atoms with E-state index < -0.39 is 42.4 Å². The summed E-state index contributed by atoms with van der Waals surface area (Å²) >= 11 is 0. The van der Waals surface area contributed by atoms with Crippen LogP contribution in [0.2, 0.25) is 0 Å². The lowest BCUT2D eigenvalue weighted by atomic mass is 9.98. The highest BCUT2D eigenvalue weighted by atomic mass is 16.4. The normalized spacial score (nSPS) is 14.6. The number of aliphatic carboxylic acids is 2. The summed E-state index contributed by atoms with van der Waals surface area (Å²) in [6, 6.07) is -3.21. The van der Waals surface area contributed by atoms with Crippen molar-refractivity contribution in [2.75, 3.05) is 0 Å². The van der Waals surface area contributed by atoms with Gasteiger partial charge in [0.2, 0.25) is 5.91 Å². The molecule has 0 heterocycles. The molecule has 6 N–H and O–H groups in total. The fourth-order valence-electron chi connectivity index (χ4n) is 1.64. The molecule has 3 atom stereocenters. The SMILES string of the molecule is CCC(C)C(NC(N)=O)C(=O)N[C@@H](CCC(=O)O)C(=O)O. The standard InChI is InChI=1S/C12H21N3O6/c1-3-6(2)9(15-12(13)21)10(18)14-7(11(19)20)4-5-8(16)17/h6-7,9H,3-5H2,1-2H3,(H,14,18)(H,16,17)(H,19,20)(H3,13,15,21)/t6?,7-,9?/m0/s1. The van der Waals surface area contributed by atoms with Crippen molar-refractivity contribution in [1.82, 2.24) is 10.6 Å². The zero-order valence-corrected chi connectivity index (χ0v) is 12.0. The Labute approximate surface area is 121 Å². The molecule has 0 aliphatic carbocycles. The van der Waals surface area contributed by atoms with Crippen LogP contribution in [-0.4, -0.2) is 46.2 Å². The molecule has 0 rings (SSSR count). The largest absolute Gasteiger partial charge is 0.481 e. The number of carbonyl (C=O) groups excluding carboxylic acids is 2. The molecule has 0 aromatic rings. The number of nitrogens with one attached hydrogen (secondary N) is 2. The minimum atomic E-state index is -1.34. The molecule has 120 valence electrons. The predicted octanol–water partition coefficient (Wildman–Crippen LogP) is -0.496. The zero-order chi connectivity index (χ0) is 16.6. The number of hydrogen-bond acceptors (Lipinski definition) is 4. The molecule has 9 heteroatoms. The number of primary amides is 1. The van der Waals surface area contributed by atoms with E-state index in [0.717, 1.165) is 0 Å². The van der Waals surface area contributed by atoms with Crippen LogP contribution in [0, 0.1) is 5.92 Å². The fraction of sp³-hybridized carbons (Fsp3) is 0.667. The number of hydrogen-bond donors (Lipinski definition) is 5. The molecule has 0 aliphatic heterocycles. The third kappa shape index (κ3) is 7.14. The zero-order valence-electron chi connectivity index (χ0n) is 12.0. The van der Waals surface area contributed by atoms with Crippen LogP contribution < -0.4 is 16.4 Å². The second kappa shape index (κ2) is 8.77. The lowest BCUT2D eigenvalue weighted by Gasteiger charge is -2.24. The summed E-state index contributed by atoms with van der Waals surface area (Å²) in [4.78, 5) is 44.4. The van der Waals surface area contributed by atoms with E-state index in [1.807, 2.05) is 0 Å². The molecule has 0 fully saturated rings. The number of nitrogens with two attached hydrogens (primary N) is 1. The number of carboxylic acids is 2. The molecule has 2 unspecified atom stereocenters. The quantitative estimate of drug-likeness (QED) is 0.386. The van der Waals surface area contributed by atoms with Crippen molar-refractivity contribution in [3.63, 3.8) is 0 Å². The van der Waals surface area contributed by atoms with Gasteiger partial charge < -0.3 is 26.6 Å². The second-order valence-electron chi connectivity index (χ2n) is 4.70. The summed E-state index contributed by atoms with van der Waals surface area (Å²) in [5.74, 6) is -3.47. The highest BCUT2D eigenvalue weighted by Crippen LogP contribution is 2.09. The van der Waals surface area contributed by atoms with Gasteiger partial charge in [0.15, 0.2) is 0 Å². The van der Waals surface area contributed by atoms with Crippen molar-refractivity contribution < 1.29 is 29.4 Å². The average molecular weight is 303 g/mol. The van der Waals surface area contributed by atoms with Crippen molar-refractivity contribution in [2.24, 2.45) is 11.7 Å². The van der Waals surface area contributed by atoms with E-state index in [9.17, 15) is 19.2 Å². The van der Waals surface area contributed by atoms with Crippen LogP contribution >= 0.6 is 0 Å². The van der Waals surface area contributed by atoms with Crippen LogP contribution in [0.15, 0.2) is 0 Å². The van der Waals surface area contributed by atoms with Gasteiger partial charge in [-0.15, -0.1) is 0 Å². The Morgan fingerprint density at radius 3 is 2.10 bits per heavy atom. The van der Waals surface area contributed by atoms with E-state index >= 15 is 0 Å². The van der Waals surface area contributed by atoms with E-state index in [0.29, 0.717) is 6.42 Å². The maximum absolute atomic E-state index is 12.0. The number of rotatable bonds is 9. The summed E-state index contributed by atoms with van der Waals surface area (Å²) < 4.78 is 0. The van der Waals surface area contributed by atoms with Crippen molar-refractivity contribution in [1.29, 1.82) is 0 Å². The van der Waals surface area contributed by atoms with Crippen LogP contribution in [0.4, 0.5) is 4.79 Å². The number of carbonyl (C=O) groups is 4. The summed E-state index contributed by atoms with van der Waals surface area (Å²) in [6.45, 7) is 3.50. The first-order valence-electron chi connectivity index (χ1n) is 6.49. The van der Waals surface area contributed by atoms with Gasteiger partial charge in [0.1, 0.15) is 12.1 Å². The Hall–Kier alpha value is -2.32. The molecule has 0 aliphatic rings. The molecule has 3 amide bonds. The van der Waals surface area contributed by atoms with E-state index in [4.69, 9.17) is 15.9 Å². The van der Waals surface area contributed by atoms with Crippen molar-refractivity contribution >= 4 is 23.9 Å². The number of amides is 3. The highest BCUT2D eigenvalue weighted by Gasteiger charge is 2.29. The van der Waals surface area contributed by atoms with Crippen LogP contribution in [0.3, 0.4) is 0 Å². The summed E-state index contributed by atoms with van der Waals surface area (Å²) in [5.41, 5.74) is 4.99. The van der Waals surface area contributed by atoms with Gasteiger partial charge in [0.25, 0.3) is 0 Å². The lowest BCUT2D eigenvalue weighted by Crippen LogP contribution is -2.55. The molecular formula is C12H21N3O6. The maximum Gasteiger partial charge on any atom is 0.326 e. The van der Waals surface area contributed by atoms with E-state index in [1.54, 1.807) is 13.8 Å². The molecule has 0 radical (unpaired) electrons. The van der Waals surface area contributed by atoms with Crippen LogP contribution in [0.5, 0.6) is 0 Å². The lowest BCUT2D eigenvalue weighted by molar-refractivity contribution is -0.143. The van der Waals surface area contributed by atoms with Gasteiger partial charge in [-0.25, -0.2) is 9.59 Å². The summed E-state index contributed by atoms with van der Waals surface area (Å²) in [6.07, 6.45) is -0.0834. The molecule has 21 heavy (non-hydrogen) atoms. The van der Waals surface area contributed by atoms with Crippen molar-refractivity contribution in [3.8, 4) is 0 Å². The monoisotopic (exact) mass is 303 g/mol. The van der Waals surface area contributed by atoms with Gasteiger partial charge >= 0.3 is 18.0 Å². The van der Waals surface area contributed by atoms with Crippen LogP contribution in [-0.2, 0) is 14.4 Å². The van der Waals surface area contributed by atoms with Gasteiger partial charge in [-0.3, -0.25) is 9.59 Å². The first-order chi connectivity index (χ1) is 9.68. The van der Waals surface area contributed by atoms with Gasteiger partial charge in [-0.05, 0) is 12.3 Å². The minimum absolute atomic E-state index is 0.250.